The van der Waals surface area contributed by atoms with Gasteiger partial charge in [-0.25, -0.2) is 4.79 Å². The van der Waals surface area contributed by atoms with E-state index >= 15 is 0 Å². The molecule has 0 saturated carbocycles. The third-order valence-corrected chi connectivity index (χ3v) is 2.89. The number of carbonyl (C=O) groups is 2. The highest BCUT2D eigenvalue weighted by molar-refractivity contribution is 5.93. The molecule has 0 radical (unpaired) electrons. The molecular formula is C14H17N3O3. The summed E-state index contributed by atoms with van der Waals surface area (Å²) in [4.78, 5) is 25.9. The molecule has 2 amide bonds. The summed E-state index contributed by atoms with van der Waals surface area (Å²) < 4.78 is 4.55. The van der Waals surface area contributed by atoms with Crippen molar-refractivity contribution >= 4 is 28.6 Å². The van der Waals surface area contributed by atoms with Crippen LogP contribution >= 0.6 is 0 Å². The second-order valence-electron chi connectivity index (χ2n) is 4.56. The molecule has 1 heterocycles. The molecule has 0 aliphatic heterocycles. The standard InChI is InChI=1S/C14H17N3O3/c1-9(7-13(18)20-2)16-14(19)17-11-3-4-12-10(8-11)5-6-15-12/h3-6,8-9,15H,7H2,1-2H3,(H2,16,17,19). The van der Waals surface area contributed by atoms with Crippen LogP contribution in [0.3, 0.4) is 0 Å². The van der Waals surface area contributed by atoms with Crippen molar-refractivity contribution in [2.45, 2.75) is 19.4 Å². The molecule has 1 atom stereocenters. The third kappa shape index (κ3) is 3.50. The minimum atomic E-state index is -0.355. The van der Waals surface area contributed by atoms with Crippen LogP contribution in [0, 0.1) is 0 Å². The largest absolute Gasteiger partial charge is 0.469 e. The van der Waals surface area contributed by atoms with Crippen molar-refractivity contribution in [3.8, 4) is 0 Å². The summed E-state index contributed by atoms with van der Waals surface area (Å²) in [6, 6.07) is 6.86. The maximum atomic E-state index is 11.8. The van der Waals surface area contributed by atoms with E-state index < -0.39 is 0 Å². The Kier molecular flexibility index (Phi) is 4.24. The van der Waals surface area contributed by atoms with Crippen molar-refractivity contribution in [3.05, 3.63) is 30.5 Å². The maximum Gasteiger partial charge on any atom is 0.319 e. The van der Waals surface area contributed by atoms with Gasteiger partial charge in [0.2, 0.25) is 0 Å². The number of rotatable bonds is 4. The van der Waals surface area contributed by atoms with Crippen LogP contribution in [0.25, 0.3) is 10.9 Å². The molecule has 0 spiro atoms. The molecule has 3 N–H and O–H groups in total. The Morgan fingerprint density at radius 2 is 2.15 bits per heavy atom. The van der Waals surface area contributed by atoms with Gasteiger partial charge in [0.1, 0.15) is 0 Å². The molecule has 6 nitrogen and oxygen atoms in total. The Bertz CT molecular complexity index is 621. The van der Waals surface area contributed by atoms with Crippen LogP contribution in [0.1, 0.15) is 13.3 Å². The second-order valence-corrected chi connectivity index (χ2v) is 4.56. The average Bonchev–Trinajstić information content (AvgIpc) is 2.85. The van der Waals surface area contributed by atoms with Crippen LogP contribution in [0.4, 0.5) is 10.5 Å². The van der Waals surface area contributed by atoms with Gasteiger partial charge >= 0.3 is 12.0 Å². The molecule has 20 heavy (non-hydrogen) atoms. The predicted molar refractivity (Wildman–Crippen MR) is 76.5 cm³/mol. The molecule has 0 fully saturated rings. The predicted octanol–water partition coefficient (Wildman–Crippen LogP) is 2.24. The number of aromatic nitrogens is 1. The number of carbonyl (C=O) groups excluding carboxylic acids is 2. The molecule has 106 valence electrons. The molecule has 0 aliphatic carbocycles. The van der Waals surface area contributed by atoms with Gasteiger partial charge in [-0.15, -0.1) is 0 Å². The Balaban J connectivity index is 1.92. The lowest BCUT2D eigenvalue weighted by Crippen LogP contribution is -2.37. The third-order valence-electron chi connectivity index (χ3n) is 2.89. The first-order valence-corrected chi connectivity index (χ1v) is 6.30. The fourth-order valence-electron chi connectivity index (χ4n) is 1.91. The quantitative estimate of drug-likeness (QED) is 0.748. The van der Waals surface area contributed by atoms with Gasteiger partial charge in [-0.1, -0.05) is 0 Å². The summed E-state index contributed by atoms with van der Waals surface area (Å²) in [5.41, 5.74) is 1.70. The van der Waals surface area contributed by atoms with Gasteiger partial charge in [-0.05, 0) is 31.2 Å². The zero-order valence-corrected chi connectivity index (χ0v) is 11.4. The first kappa shape index (κ1) is 13.9. The fraction of sp³-hybridized carbons (Fsp3) is 0.286. The SMILES string of the molecule is COC(=O)CC(C)NC(=O)Nc1ccc2[nH]ccc2c1. The highest BCUT2D eigenvalue weighted by Gasteiger charge is 2.12. The van der Waals surface area contributed by atoms with Gasteiger partial charge in [0.05, 0.1) is 13.5 Å². The summed E-state index contributed by atoms with van der Waals surface area (Å²) in [6.07, 6.45) is 1.98. The van der Waals surface area contributed by atoms with Gasteiger partial charge < -0.3 is 20.4 Å². The van der Waals surface area contributed by atoms with E-state index in [-0.39, 0.29) is 24.5 Å². The van der Waals surface area contributed by atoms with Crippen LogP contribution in [0.5, 0.6) is 0 Å². The zero-order valence-electron chi connectivity index (χ0n) is 11.4. The molecule has 1 aromatic heterocycles. The Morgan fingerprint density at radius 3 is 2.90 bits per heavy atom. The number of urea groups is 1. The van der Waals surface area contributed by atoms with Gasteiger partial charge in [0.25, 0.3) is 0 Å². The fourth-order valence-corrected chi connectivity index (χ4v) is 1.91. The summed E-state index contributed by atoms with van der Waals surface area (Å²) in [5, 5.41) is 6.43. The number of benzene rings is 1. The van der Waals surface area contributed by atoms with Gasteiger partial charge in [-0.3, -0.25) is 4.79 Å². The normalized spacial score (nSPS) is 11.9. The molecule has 0 aliphatic rings. The average molecular weight is 275 g/mol. The van der Waals surface area contributed by atoms with Crippen molar-refractivity contribution in [3.63, 3.8) is 0 Å². The number of anilines is 1. The second kappa shape index (κ2) is 6.10. The minimum Gasteiger partial charge on any atom is -0.469 e. The van der Waals surface area contributed by atoms with Gasteiger partial charge in [0, 0.05) is 28.8 Å². The van der Waals surface area contributed by atoms with E-state index in [1.165, 1.54) is 7.11 Å². The Morgan fingerprint density at radius 1 is 1.35 bits per heavy atom. The summed E-state index contributed by atoms with van der Waals surface area (Å²) >= 11 is 0. The van der Waals surface area contributed by atoms with Gasteiger partial charge in [0.15, 0.2) is 0 Å². The lowest BCUT2D eigenvalue weighted by Gasteiger charge is -2.13. The highest BCUT2D eigenvalue weighted by atomic mass is 16.5. The number of nitrogens with one attached hydrogen (secondary N) is 3. The molecule has 6 heteroatoms. The number of fused-ring (bicyclic) bond motifs is 1. The molecule has 1 unspecified atom stereocenters. The molecule has 2 aromatic rings. The monoisotopic (exact) mass is 275 g/mol. The van der Waals surface area contributed by atoms with Crippen LogP contribution in [0.15, 0.2) is 30.5 Å². The number of methoxy groups -OCH3 is 1. The van der Waals surface area contributed by atoms with Crippen LogP contribution in [0.2, 0.25) is 0 Å². The number of hydrogen-bond acceptors (Lipinski definition) is 3. The number of amides is 2. The Labute approximate surface area is 116 Å². The van der Waals surface area contributed by atoms with E-state index in [0.717, 1.165) is 10.9 Å². The minimum absolute atomic E-state index is 0.140. The van der Waals surface area contributed by atoms with Crippen LogP contribution in [-0.4, -0.2) is 30.1 Å². The molecule has 1 aromatic carbocycles. The maximum absolute atomic E-state index is 11.8. The lowest BCUT2D eigenvalue weighted by atomic mass is 10.2. The first-order valence-electron chi connectivity index (χ1n) is 6.30. The number of esters is 1. The van der Waals surface area contributed by atoms with E-state index in [9.17, 15) is 9.59 Å². The van der Waals surface area contributed by atoms with E-state index in [0.29, 0.717) is 5.69 Å². The number of hydrogen-bond donors (Lipinski definition) is 3. The van der Waals surface area contributed by atoms with Crippen molar-refractivity contribution in [1.29, 1.82) is 0 Å². The topological polar surface area (TPSA) is 83.2 Å². The first-order chi connectivity index (χ1) is 9.58. The lowest BCUT2D eigenvalue weighted by molar-refractivity contribution is -0.141. The smallest absolute Gasteiger partial charge is 0.319 e. The summed E-state index contributed by atoms with van der Waals surface area (Å²) in [5.74, 6) is -0.355. The van der Waals surface area contributed by atoms with Crippen LogP contribution in [-0.2, 0) is 9.53 Å². The van der Waals surface area contributed by atoms with Crippen LogP contribution < -0.4 is 10.6 Å². The van der Waals surface area contributed by atoms with E-state index in [2.05, 4.69) is 20.4 Å². The Hall–Kier alpha value is -2.50. The van der Waals surface area contributed by atoms with Crippen molar-refractivity contribution in [2.75, 3.05) is 12.4 Å². The molecular weight excluding hydrogens is 258 g/mol. The van der Waals surface area contributed by atoms with Crippen molar-refractivity contribution in [1.82, 2.24) is 10.3 Å². The molecule has 0 bridgehead atoms. The van der Waals surface area contributed by atoms with Crippen molar-refractivity contribution in [2.24, 2.45) is 0 Å². The number of H-pyrrole nitrogens is 1. The molecule has 0 saturated heterocycles. The highest BCUT2D eigenvalue weighted by Crippen LogP contribution is 2.17. The molecule has 2 rings (SSSR count). The zero-order chi connectivity index (χ0) is 14.5. The number of ether oxygens (including phenoxy) is 1. The van der Waals surface area contributed by atoms with E-state index in [1.807, 2.05) is 30.5 Å². The van der Waals surface area contributed by atoms with Crippen molar-refractivity contribution < 1.29 is 14.3 Å². The van der Waals surface area contributed by atoms with E-state index in [4.69, 9.17) is 0 Å². The summed E-state index contributed by atoms with van der Waals surface area (Å²) in [7, 11) is 1.32. The number of aromatic amines is 1. The van der Waals surface area contributed by atoms with E-state index in [1.54, 1.807) is 6.92 Å². The van der Waals surface area contributed by atoms with Gasteiger partial charge in [-0.2, -0.15) is 0 Å². The summed E-state index contributed by atoms with van der Waals surface area (Å²) in [6.45, 7) is 1.74.